The highest BCUT2D eigenvalue weighted by atomic mass is 16.6. The van der Waals surface area contributed by atoms with Crippen molar-refractivity contribution < 1.29 is 24.2 Å². The Hall–Kier alpha value is -2.12. The van der Waals surface area contributed by atoms with Gasteiger partial charge in [0.05, 0.1) is 0 Å². The van der Waals surface area contributed by atoms with E-state index >= 15 is 9.59 Å². The largest absolute Gasteiger partial charge is 0.508 e. The van der Waals surface area contributed by atoms with Crippen LogP contribution >= 0.6 is 0 Å². The number of phenols is 1. The maximum absolute atomic E-state index is 15.1. The van der Waals surface area contributed by atoms with Crippen LogP contribution in [0, 0.1) is 5.41 Å². The summed E-state index contributed by atoms with van der Waals surface area (Å²) in [7, 11) is 4.27. The minimum Gasteiger partial charge on any atom is -0.508 e. The maximum Gasteiger partial charge on any atom is 0.324 e. The van der Waals surface area contributed by atoms with Crippen molar-refractivity contribution in [3.8, 4) is 5.75 Å². The molecule has 1 N–H and O–H groups in total. The normalized spacial score (nSPS) is 22.1. The Bertz CT molecular complexity index is 1270. The average Bonchev–Trinajstić information content (AvgIpc) is 2.91. The van der Waals surface area contributed by atoms with Gasteiger partial charge in [0.2, 0.25) is 0 Å². The van der Waals surface area contributed by atoms with Crippen LogP contribution < -0.4 is 0 Å². The van der Waals surface area contributed by atoms with E-state index in [0.717, 1.165) is 23.1 Å². The molecule has 0 aromatic heterocycles. The molecule has 3 rings (SSSR count). The van der Waals surface area contributed by atoms with E-state index in [2.05, 4.69) is 128 Å². The molecule has 2 heterocycles. The van der Waals surface area contributed by atoms with Gasteiger partial charge in [0.25, 0.3) is 0 Å². The van der Waals surface area contributed by atoms with Gasteiger partial charge in [-0.05, 0) is 110 Å². The molecule has 2 aliphatic heterocycles. The molecular weight excluding hydrogens is 612 g/mol. The van der Waals surface area contributed by atoms with Gasteiger partial charge in [0.1, 0.15) is 18.0 Å². The summed E-state index contributed by atoms with van der Waals surface area (Å²) in [5.74, 6) is -0.732. The van der Waals surface area contributed by atoms with Gasteiger partial charge in [-0.3, -0.25) is 19.4 Å². The zero-order valence-electron chi connectivity index (χ0n) is 34.4. The number of rotatable bonds is 9. The summed E-state index contributed by atoms with van der Waals surface area (Å²) >= 11 is 0. The molecule has 0 spiro atoms. The third-order valence-corrected chi connectivity index (χ3v) is 12.1. The van der Waals surface area contributed by atoms with Crippen molar-refractivity contribution in [2.75, 3.05) is 14.1 Å². The number of carbonyl (C=O) groups is 2. The average molecular weight is 685 g/mol. The fourth-order valence-electron chi connectivity index (χ4n) is 8.98. The van der Waals surface area contributed by atoms with Crippen molar-refractivity contribution in [2.45, 2.75) is 200 Å². The second-order valence-electron chi connectivity index (χ2n) is 20.1. The maximum atomic E-state index is 15.1. The van der Waals surface area contributed by atoms with E-state index in [0.29, 0.717) is 38.5 Å². The molecule has 0 unspecified atom stereocenters. The van der Waals surface area contributed by atoms with Gasteiger partial charge in [-0.2, -0.15) is 0 Å². The molecule has 2 saturated heterocycles. The highest BCUT2D eigenvalue weighted by Gasteiger charge is 2.54. The van der Waals surface area contributed by atoms with E-state index < -0.39 is 17.4 Å². The van der Waals surface area contributed by atoms with Gasteiger partial charge in [-0.1, -0.05) is 67.4 Å². The van der Waals surface area contributed by atoms with E-state index in [1.165, 1.54) is 0 Å². The van der Waals surface area contributed by atoms with Crippen molar-refractivity contribution >= 4 is 11.9 Å². The second kappa shape index (κ2) is 13.8. The van der Waals surface area contributed by atoms with E-state index in [4.69, 9.17) is 9.47 Å². The minimum atomic E-state index is -1.54. The van der Waals surface area contributed by atoms with Gasteiger partial charge >= 0.3 is 11.9 Å². The Morgan fingerprint density at radius 1 is 0.714 bits per heavy atom. The second-order valence-corrected chi connectivity index (χ2v) is 20.1. The fraction of sp³-hybridized carbons (Fsp3) is 0.810. The van der Waals surface area contributed by atoms with Gasteiger partial charge in [0, 0.05) is 53.4 Å². The standard InChI is InChI=1S/C42H72N2O5/c1-18-19-22-42(34(46)48-29-24-38(8,9)43(16)39(10,11)25-29,35(47)49-30-26-40(12,13)44(17)41(14,15)27-30)23-28-20-21-31(45)33(37(5,6)7)32(28)36(2,3)4/h20-21,29-30,45H,18-19,22-27H2,1-17H3. The summed E-state index contributed by atoms with van der Waals surface area (Å²) in [5, 5.41) is 11.3. The molecule has 2 aliphatic rings. The zero-order chi connectivity index (χ0) is 37.8. The summed E-state index contributed by atoms with van der Waals surface area (Å²) in [6.07, 6.45) is 4.00. The molecule has 2 fully saturated rings. The number of hydrogen-bond donors (Lipinski definition) is 1. The molecule has 1 aromatic carbocycles. The van der Waals surface area contributed by atoms with Crippen LogP contribution in [0.25, 0.3) is 0 Å². The number of unbranched alkanes of at least 4 members (excludes halogenated alkanes) is 1. The Morgan fingerprint density at radius 2 is 1.08 bits per heavy atom. The van der Waals surface area contributed by atoms with Crippen LogP contribution in [0.4, 0.5) is 0 Å². The van der Waals surface area contributed by atoms with Crippen LogP contribution in [0.5, 0.6) is 5.75 Å². The number of piperidine rings is 2. The first kappa shape index (κ1) is 41.3. The lowest BCUT2D eigenvalue weighted by molar-refractivity contribution is -0.188. The molecule has 49 heavy (non-hydrogen) atoms. The lowest BCUT2D eigenvalue weighted by atomic mass is 9.68. The van der Waals surface area contributed by atoms with E-state index in [1.54, 1.807) is 6.07 Å². The van der Waals surface area contributed by atoms with Crippen LogP contribution in [-0.4, -0.2) is 75.3 Å². The van der Waals surface area contributed by atoms with Gasteiger partial charge in [-0.15, -0.1) is 0 Å². The molecule has 280 valence electrons. The van der Waals surface area contributed by atoms with Crippen LogP contribution in [-0.2, 0) is 36.3 Å². The third kappa shape index (κ3) is 8.68. The molecular formula is C42H72N2O5. The molecule has 7 heteroatoms. The molecule has 0 amide bonds. The van der Waals surface area contributed by atoms with Crippen molar-refractivity contribution in [1.82, 2.24) is 9.80 Å². The minimum absolute atomic E-state index is 0.152. The number of benzene rings is 1. The Morgan fingerprint density at radius 3 is 1.41 bits per heavy atom. The first-order valence-electron chi connectivity index (χ1n) is 18.8. The number of nitrogens with zero attached hydrogens (tertiary/aromatic N) is 2. The van der Waals surface area contributed by atoms with Gasteiger partial charge < -0.3 is 14.6 Å². The number of esters is 2. The van der Waals surface area contributed by atoms with Crippen molar-refractivity contribution in [1.29, 1.82) is 0 Å². The number of phenolic OH excluding ortho intramolecular Hbond substituents is 1. The van der Waals surface area contributed by atoms with Crippen molar-refractivity contribution in [3.05, 3.63) is 28.8 Å². The summed E-state index contributed by atoms with van der Waals surface area (Å²) < 4.78 is 13.2. The summed E-state index contributed by atoms with van der Waals surface area (Å²) in [4.78, 5) is 34.8. The van der Waals surface area contributed by atoms with Crippen molar-refractivity contribution in [3.63, 3.8) is 0 Å². The molecule has 0 atom stereocenters. The van der Waals surface area contributed by atoms with E-state index in [-0.39, 0.29) is 57.4 Å². The number of ether oxygens (including phenoxy) is 2. The van der Waals surface area contributed by atoms with Crippen LogP contribution in [0.1, 0.15) is 165 Å². The molecule has 0 radical (unpaired) electrons. The SMILES string of the molecule is CCCCC(Cc1ccc(O)c(C(C)(C)C)c1C(C)(C)C)(C(=O)OC1CC(C)(C)N(C)C(C)(C)C1)C(=O)OC1CC(C)(C)N(C)C(C)(C)C1. The van der Waals surface area contributed by atoms with Gasteiger partial charge in [0.15, 0.2) is 5.41 Å². The predicted octanol–water partition coefficient (Wildman–Crippen LogP) is 9.10. The Kier molecular flexibility index (Phi) is 11.6. The van der Waals surface area contributed by atoms with E-state index in [1.807, 2.05) is 6.07 Å². The van der Waals surface area contributed by atoms with Crippen molar-refractivity contribution in [2.24, 2.45) is 5.41 Å². The van der Waals surface area contributed by atoms with Crippen LogP contribution in [0.3, 0.4) is 0 Å². The number of hydrogen-bond acceptors (Lipinski definition) is 7. The number of likely N-dealkylation sites (tertiary alicyclic amines) is 2. The van der Waals surface area contributed by atoms with E-state index in [9.17, 15) is 5.11 Å². The smallest absolute Gasteiger partial charge is 0.324 e. The van der Waals surface area contributed by atoms with Gasteiger partial charge in [-0.25, -0.2) is 0 Å². The lowest BCUT2D eigenvalue weighted by Crippen LogP contribution is -2.61. The number of carbonyl (C=O) groups excluding carboxylic acids is 2. The Balaban J connectivity index is 2.23. The molecule has 0 bridgehead atoms. The van der Waals surface area contributed by atoms with Crippen LogP contribution in [0.2, 0.25) is 0 Å². The summed E-state index contributed by atoms with van der Waals surface area (Å²) in [6.45, 7) is 32.3. The Labute approximate surface area is 299 Å². The molecule has 0 saturated carbocycles. The number of aromatic hydroxyl groups is 1. The topological polar surface area (TPSA) is 79.3 Å². The lowest BCUT2D eigenvalue weighted by Gasteiger charge is -2.53. The van der Waals surface area contributed by atoms with Crippen LogP contribution in [0.15, 0.2) is 12.1 Å². The predicted molar refractivity (Wildman–Crippen MR) is 201 cm³/mol. The highest BCUT2D eigenvalue weighted by molar-refractivity contribution is 6.00. The third-order valence-electron chi connectivity index (χ3n) is 12.1. The fourth-order valence-corrected chi connectivity index (χ4v) is 8.98. The first-order valence-corrected chi connectivity index (χ1v) is 18.8. The molecule has 0 aliphatic carbocycles. The molecule has 1 aromatic rings. The quantitative estimate of drug-likeness (QED) is 0.205. The summed E-state index contributed by atoms with van der Waals surface area (Å²) in [6, 6.07) is 3.65. The highest BCUT2D eigenvalue weighted by Crippen LogP contribution is 2.46. The first-order chi connectivity index (χ1) is 22.0. The monoisotopic (exact) mass is 685 g/mol. The molecule has 7 nitrogen and oxygen atoms in total. The zero-order valence-corrected chi connectivity index (χ0v) is 34.4. The summed E-state index contributed by atoms with van der Waals surface area (Å²) in [5.41, 5.74) is -0.343.